The third-order valence-electron chi connectivity index (χ3n) is 5.90. The van der Waals surface area contributed by atoms with Crippen molar-refractivity contribution in [1.82, 2.24) is 10.6 Å². The lowest BCUT2D eigenvalue weighted by Gasteiger charge is -2.37. The lowest BCUT2D eigenvalue weighted by atomic mass is 9.78. The molecule has 1 aliphatic heterocycles. The Kier molecular flexibility index (Phi) is 8.47. The van der Waals surface area contributed by atoms with E-state index in [-0.39, 0.29) is 28.5 Å². The molecule has 6 heteroatoms. The van der Waals surface area contributed by atoms with Crippen LogP contribution in [0.4, 0.5) is 0 Å². The number of halogens is 1. The number of amides is 1. The summed E-state index contributed by atoms with van der Waals surface area (Å²) in [6.45, 7) is 5.16. The Labute approximate surface area is 174 Å². The molecule has 1 aliphatic carbocycles. The Balaban J connectivity index is 0.00000261. The first-order valence-corrected chi connectivity index (χ1v) is 10.6. The zero-order valence-corrected chi connectivity index (χ0v) is 18.1. The van der Waals surface area contributed by atoms with Crippen molar-refractivity contribution in [2.45, 2.75) is 55.1 Å². The summed E-state index contributed by atoms with van der Waals surface area (Å²) in [6, 6.07) is 8.76. The fourth-order valence-electron chi connectivity index (χ4n) is 4.24. The summed E-state index contributed by atoms with van der Waals surface area (Å²) >= 11 is 1.95. The quantitative estimate of drug-likeness (QED) is 0.711. The SMILES string of the molecule is COCC1(C(=O)NCC2(Sc3ccc(C)cc3)CCCC2)CCNCC1.Cl. The lowest BCUT2D eigenvalue weighted by molar-refractivity contribution is -0.136. The first-order valence-electron chi connectivity index (χ1n) is 9.81. The average Bonchev–Trinajstić information content (AvgIpc) is 3.11. The zero-order chi connectivity index (χ0) is 18.5. The van der Waals surface area contributed by atoms with E-state index in [2.05, 4.69) is 41.8 Å². The van der Waals surface area contributed by atoms with Crippen LogP contribution in [0.3, 0.4) is 0 Å². The number of thioether (sulfide) groups is 1. The highest BCUT2D eigenvalue weighted by Crippen LogP contribution is 2.45. The van der Waals surface area contributed by atoms with Crippen LogP contribution in [0.5, 0.6) is 0 Å². The summed E-state index contributed by atoms with van der Waals surface area (Å²) in [5.41, 5.74) is 0.921. The van der Waals surface area contributed by atoms with Gasteiger partial charge in [-0.05, 0) is 57.8 Å². The first-order chi connectivity index (χ1) is 12.6. The van der Waals surface area contributed by atoms with Gasteiger partial charge in [-0.15, -0.1) is 24.2 Å². The minimum Gasteiger partial charge on any atom is -0.384 e. The van der Waals surface area contributed by atoms with E-state index in [4.69, 9.17) is 4.74 Å². The number of benzene rings is 1. The van der Waals surface area contributed by atoms with Crippen LogP contribution in [0.25, 0.3) is 0 Å². The second-order valence-electron chi connectivity index (χ2n) is 7.95. The largest absolute Gasteiger partial charge is 0.384 e. The van der Waals surface area contributed by atoms with Gasteiger partial charge in [0.25, 0.3) is 0 Å². The molecule has 27 heavy (non-hydrogen) atoms. The zero-order valence-electron chi connectivity index (χ0n) is 16.5. The smallest absolute Gasteiger partial charge is 0.228 e. The molecule has 0 radical (unpaired) electrons. The monoisotopic (exact) mass is 412 g/mol. The number of ether oxygens (including phenoxy) is 1. The van der Waals surface area contributed by atoms with Crippen LogP contribution in [0, 0.1) is 12.3 Å². The number of aryl methyl sites for hydroxylation is 1. The second-order valence-corrected chi connectivity index (χ2v) is 9.49. The fraction of sp³-hybridized carbons (Fsp3) is 0.667. The van der Waals surface area contributed by atoms with Crippen molar-refractivity contribution in [3.05, 3.63) is 29.8 Å². The predicted octanol–water partition coefficient (Wildman–Crippen LogP) is 3.95. The van der Waals surface area contributed by atoms with Gasteiger partial charge in [0.1, 0.15) is 0 Å². The Bertz CT molecular complexity index is 591. The molecule has 1 heterocycles. The van der Waals surface area contributed by atoms with Gasteiger partial charge in [-0.1, -0.05) is 30.5 Å². The fourth-order valence-corrected chi connectivity index (χ4v) is 5.65. The molecular formula is C21H33ClN2O2S. The number of rotatable bonds is 7. The van der Waals surface area contributed by atoms with Crippen molar-refractivity contribution in [2.24, 2.45) is 5.41 Å². The Hall–Kier alpha value is -0.750. The molecule has 0 unspecified atom stereocenters. The van der Waals surface area contributed by atoms with E-state index in [0.29, 0.717) is 6.61 Å². The lowest BCUT2D eigenvalue weighted by Crippen LogP contribution is -2.52. The van der Waals surface area contributed by atoms with E-state index in [1.165, 1.54) is 36.1 Å². The average molecular weight is 413 g/mol. The molecule has 0 spiro atoms. The topological polar surface area (TPSA) is 50.4 Å². The van der Waals surface area contributed by atoms with Gasteiger partial charge >= 0.3 is 0 Å². The van der Waals surface area contributed by atoms with E-state index in [0.717, 1.165) is 32.5 Å². The molecule has 4 nitrogen and oxygen atoms in total. The minimum atomic E-state index is -0.367. The van der Waals surface area contributed by atoms with Crippen LogP contribution >= 0.6 is 24.2 Å². The van der Waals surface area contributed by atoms with Gasteiger partial charge in [-0.25, -0.2) is 0 Å². The highest BCUT2D eigenvalue weighted by molar-refractivity contribution is 8.00. The molecule has 0 bridgehead atoms. The van der Waals surface area contributed by atoms with Gasteiger partial charge in [0, 0.05) is 23.3 Å². The molecule has 2 aliphatic rings. The van der Waals surface area contributed by atoms with Crippen molar-refractivity contribution in [3.63, 3.8) is 0 Å². The number of hydrogen-bond donors (Lipinski definition) is 2. The van der Waals surface area contributed by atoms with Crippen LogP contribution in [0.1, 0.15) is 44.1 Å². The molecule has 0 atom stereocenters. The van der Waals surface area contributed by atoms with Crippen molar-refractivity contribution < 1.29 is 9.53 Å². The third-order valence-corrected chi connectivity index (χ3v) is 7.40. The summed E-state index contributed by atoms with van der Waals surface area (Å²) in [4.78, 5) is 14.4. The van der Waals surface area contributed by atoms with E-state index in [9.17, 15) is 4.79 Å². The van der Waals surface area contributed by atoms with Crippen molar-refractivity contribution in [3.8, 4) is 0 Å². The van der Waals surface area contributed by atoms with Gasteiger partial charge in [-0.2, -0.15) is 0 Å². The van der Waals surface area contributed by atoms with Gasteiger partial charge in [-0.3, -0.25) is 4.79 Å². The summed E-state index contributed by atoms with van der Waals surface area (Å²) in [5.74, 6) is 0.177. The van der Waals surface area contributed by atoms with Gasteiger partial charge in [0.15, 0.2) is 0 Å². The first kappa shape index (κ1) is 22.5. The maximum Gasteiger partial charge on any atom is 0.228 e. The highest BCUT2D eigenvalue weighted by atomic mass is 35.5. The van der Waals surface area contributed by atoms with Crippen LogP contribution < -0.4 is 10.6 Å². The molecule has 1 amide bonds. The molecular weight excluding hydrogens is 380 g/mol. The molecule has 1 aromatic carbocycles. The normalized spacial score (nSPS) is 20.7. The number of carbonyl (C=O) groups is 1. The molecule has 1 saturated heterocycles. The van der Waals surface area contributed by atoms with Gasteiger partial charge < -0.3 is 15.4 Å². The summed E-state index contributed by atoms with van der Waals surface area (Å²) < 4.78 is 5.55. The third kappa shape index (κ3) is 5.63. The summed E-state index contributed by atoms with van der Waals surface area (Å²) in [5, 5.41) is 6.68. The molecule has 152 valence electrons. The predicted molar refractivity (Wildman–Crippen MR) is 115 cm³/mol. The van der Waals surface area contributed by atoms with E-state index in [1.807, 2.05) is 11.8 Å². The second kappa shape index (κ2) is 10.1. The van der Waals surface area contributed by atoms with Crippen molar-refractivity contribution in [2.75, 3.05) is 33.4 Å². The Morgan fingerprint density at radius 1 is 1.15 bits per heavy atom. The summed E-state index contributed by atoms with van der Waals surface area (Å²) in [7, 11) is 1.70. The Morgan fingerprint density at radius 3 is 2.37 bits per heavy atom. The molecule has 2 N–H and O–H groups in total. The van der Waals surface area contributed by atoms with E-state index >= 15 is 0 Å². The minimum absolute atomic E-state index is 0. The van der Waals surface area contributed by atoms with Crippen LogP contribution in [-0.4, -0.2) is 44.0 Å². The number of carbonyl (C=O) groups excluding carboxylic acids is 1. The molecule has 0 aromatic heterocycles. The van der Waals surface area contributed by atoms with E-state index in [1.54, 1.807) is 7.11 Å². The van der Waals surface area contributed by atoms with Gasteiger partial charge in [0.05, 0.1) is 12.0 Å². The van der Waals surface area contributed by atoms with Crippen LogP contribution in [0.2, 0.25) is 0 Å². The number of hydrogen-bond acceptors (Lipinski definition) is 4. The molecule has 3 rings (SSSR count). The van der Waals surface area contributed by atoms with Crippen molar-refractivity contribution >= 4 is 30.1 Å². The summed E-state index contributed by atoms with van der Waals surface area (Å²) in [6.07, 6.45) is 6.55. The van der Waals surface area contributed by atoms with Crippen LogP contribution in [0.15, 0.2) is 29.2 Å². The molecule has 2 fully saturated rings. The number of piperidine rings is 1. The molecule has 1 aromatic rings. The van der Waals surface area contributed by atoms with E-state index < -0.39 is 0 Å². The maximum absolute atomic E-state index is 13.1. The molecule has 1 saturated carbocycles. The number of methoxy groups -OCH3 is 1. The maximum atomic E-state index is 13.1. The Morgan fingerprint density at radius 2 is 1.78 bits per heavy atom. The standard InChI is InChI=1S/C21H32N2O2S.ClH/c1-17-5-7-18(8-6-17)26-21(9-3-4-10-21)15-23-19(24)20(16-25-2)11-13-22-14-12-20;/h5-8,22H,3-4,9-16H2,1-2H3,(H,23,24);1H. The van der Waals surface area contributed by atoms with Crippen LogP contribution in [-0.2, 0) is 9.53 Å². The van der Waals surface area contributed by atoms with Crippen molar-refractivity contribution in [1.29, 1.82) is 0 Å². The highest BCUT2D eigenvalue weighted by Gasteiger charge is 2.42. The van der Waals surface area contributed by atoms with Gasteiger partial charge in [0.2, 0.25) is 5.91 Å². The number of nitrogens with one attached hydrogen (secondary N) is 2.